The normalized spacial score (nSPS) is 16.9. The lowest BCUT2D eigenvalue weighted by atomic mass is 9.95. The molecule has 0 aliphatic carbocycles. The maximum atomic E-state index is 12.5. The van der Waals surface area contributed by atoms with Crippen LogP contribution in [0.2, 0.25) is 0 Å². The van der Waals surface area contributed by atoms with Crippen LogP contribution in [-0.2, 0) is 4.79 Å². The van der Waals surface area contributed by atoms with Gasteiger partial charge in [-0.05, 0) is 51.1 Å². The molecule has 1 saturated heterocycles. The monoisotopic (exact) mass is 344 g/mol. The average molecular weight is 344 g/mol. The first-order valence-corrected chi connectivity index (χ1v) is 9.32. The van der Waals surface area contributed by atoms with Crippen LogP contribution in [-0.4, -0.2) is 29.0 Å². The first-order chi connectivity index (χ1) is 11.5. The molecule has 1 N–H and O–H groups in total. The molecule has 2 aromatic heterocycles. The Morgan fingerprint density at radius 3 is 2.54 bits per heavy atom. The van der Waals surface area contributed by atoms with Crippen molar-refractivity contribution in [1.29, 1.82) is 0 Å². The fourth-order valence-corrected chi connectivity index (χ4v) is 3.86. The highest BCUT2D eigenvalue weighted by molar-refractivity contribution is 7.10. The number of anilines is 1. The molecular weight excluding hydrogens is 320 g/mol. The minimum atomic E-state index is 0.0783. The van der Waals surface area contributed by atoms with Crippen molar-refractivity contribution < 1.29 is 4.79 Å². The predicted molar refractivity (Wildman–Crippen MR) is 97.3 cm³/mol. The summed E-state index contributed by atoms with van der Waals surface area (Å²) in [4.78, 5) is 24.9. The zero-order chi connectivity index (χ0) is 17.1. The van der Waals surface area contributed by atoms with E-state index in [1.807, 2.05) is 38.3 Å². The third-order valence-electron chi connectivity index (χ3n) is 4.45. The smallest absolute Gasteiger partial charge is 0.225 e. The van der Waals surface area contributed by atoms with Crippen molar-refractivity contribution in [3.63, 3.8) is 0 Å². The molecule has 1 aliphatic heterocycles. The number of rotatable bonds is 4. The molecular formula is C18H24N4OS. The number of aryl methyl sites for hydroxylation is 2. The summed E-state index contributed by atoms with van der Waals surface area (Å²) in [7, 11) is 0. The van der Waals surface area contributed by atoms with Crippen LogP contribution in [0.3, 0.4) is 0 Å². The van der Waals surface area contributed by atoms with Gasteiger partial charge in [-0.2, -0.15) is 0 Å². The standard InChI is InChI=1S/C18H24N4OS/c1-12-11-13(2)20-18(19-12)22-8-6-15(7-9-22)17(23)21-14(3)16-5-4-10-24-16/h4-5,10-11,14-15H,6-9H2,1-3H3,(H,21,23). The van der Waals surface area contributed by atoms with Crippen LogP contribution in [0.4, 0.5) is 5.95 Å². The van der Waals surface area contributed by atoms with Crippen molar-refractivity contribution in [3.05, 3.63) is 39.8 Å². The quantitative estimate of drug-likeness (QED) is 0.925. The molecule has 1 amide bonds. The fraction of sp³-hybridized carbons (Fsp3) is 0.500. The lowest BCUT2D eigenvalue weighted by molar-refractivity contribution is -0.126. The van der Waals surface area contributed by atoms with Gasteiger partial charge in [-0.1, -0.05) is 6.07 Å². The van der Waals surface area contributed by atoms with E-state index in [0.717, 1.165) is 43.3 Å². The van der Waals surface area contributed by atoms with Gasteiger partial charge >= 0.3 is 0 Å². The molecule has 1 atom stereocenters. The van der Waals surface area contributed by atoms with Crippen LogP contribution in [0.25, 0.3) is 0 Å². The Kier molecular flexibility index (Phi) is 5.14. The van der Waals surface area contributed by atoms with E-state index in [2.05, 4.69) is 26.3 Å². The molecule has 0 saturated carbocycles. The van der Waals surface area contributed by atoms with Gasteiger partial charge in [0.1, 0.15) is 0 Å². The summed E-state index contributed by atoms with van der Waals surface area (Å²) < 4.78 is 0. The number of carbonyl (C=O) groups is 1. The SMILES string of the molecule is Cc1cc(C)nc(N2CCC(C(=O)NC(C)c3cccs3)CC2)n1. The van der Waals surface area contributed by atoms with E-state index in [1.54, 1.807) is 11.3 Å². The number of thiophene rings is 1. The Labute approximate surface area is 147 Å². The Morgan fingerprint density at radius 1 is 1.29 bits per heavy atom. The summed E-state index contributed by atoms with van der Waals surface area (Å²) in [6.45, 7) is 7.68. The average Bonchev–Trinajstić information content (AvgIpc) is 3.08. The van der Waals surface area contributed by atoms with E-state index in [1.165, 1.54) is 4.88 Å². The number of amides is 1. The van der Waals surface area contributed by atoms with E-state index < -0.39 is 0 Å². The summed E-state index contributed by atoms with van der Waals surface area (Å²) >= 11 is 1.68. The molecule has 3 heterocycles. The van der Waals surface area contributed by atoms with Crippen LogP contribution in [0.5, 0.6) is 0 Å². The van der Waals surface area contributed by atoms with Crippen LogP contribution in [0, 0.1) is 19.8 Å². The number of nitrogens with zero attached hydrogens (tertiary/aromatic N) is 3. The van der Waals surface area contributed by atoms with Crippen molar-refractivity contribution in [3.8, 4) is 0 Å². The second kappa shape index (κ2) is 7.30. The molecule has 1 aliphatic rings. The summed E-state index contributed by atoms with van der Waals surface area (Å²) in [5, 5.41) is 5.19. The second-order valence-electron chi connectivity index (χ2n) is 6.46. The third-order valence-corrected chi connectivity index (χ3v) is 5.50. The van der Waals surface area contributed by atoms with Gasteiger partial charge in [0.25, 0.3) is 0 Å². The van der Waals surface area contributed by atoms with Crippen LogP contribution >= 0.6 is 11.3 Å². The number of aromatic nitrogens is 2. The highest BCUT2D eigenvalue weighted by atomic mass is 32.1. The highest BCUT2D eigenvalue weighted by Gasteiger charge is 2.27. The maximum Gasteiger partial charge on any atom is 0.225 e. The van der Waals surface area contributed by atoms with E-state index in [0.29, 0.717) is 0 Å². The topological polar surface area (TPSA) is 58.1 Å². The van der Waals surface area contributed by atoms with Gasteiger partial charge in [-0.15, -0.1) is 11.3 Å². The zero-order valence-electron chi connectivity index (χ0n) is 14.5. The first-order valence-electron chi connectivity index (χ1n) is 8.44. The molecule has 5 nitrogen and oxygen atoms in total. The highest BCUT2D eigenvalue weighted by Crippen LogP contribution is 2.23. The molecule has 0 bridgehead atoms. The molecule has 1 fully saturated rings. The van der Waals surface area contributed by atoms with Crippen molar-refractivity contribution in [1.82, 2.24) is 15.3 Å². The predicted octanol–water partition coefficient (Wildman–Crippen LogP) is 3.25. The van der Waals surface area contributed by atoms with Crippen LogP contribution in [0.1, 0.15) is 42.1 Å². The summed E-state index contributed by atoms with van der Waals surface area (Å²) in [6.07, 6.45) is 1.69. The molecule has 0 aromatic carbocycles. The molecule has 0 spiro atoms. The van der Waals surface area contributed by atoms with Crippen molar-refractivity contribution >= 4 is 23.2 Å². The van der Waals surface area contributed by atoms with Gasteiger partial charge in [0.15, 0.2) is 0 Å². The molecule has 1 unspecified atom stereocenters. The Balaban J connectivity index is 1.55. The van der Waals surface area contributed by atoms with Gasteiger partial charge in [0.05, 0.1) is 6.04 Å². The third kappa shape index (κ3) is 3.93. The number of piperidine rings is 1. The summed E-state index contributed by atoms with van der Waals surface area (Å²) in [5.74, 6) is 1.03. The molecule has 24 heavy (non-hydrogen) atoms. The summed E-state index contributed by atoms with van der Waals surface area (Å²) in [5.41, 5.74) is 1.98. The van der Waals surface area contributed by atoms with E-state index in [-0.39, 0.29) is 17.9 Å². The molecule has 128 valence electrons. The molecule has 3 rings (SSSR count). The first kappa shape index (κ1) is 16.9. The van der Waals surface area contributed by atoms with Gasteiger partial charge in [-0.25, -0.2) is 9.97 Å². The number of carbonyl (C=O) groups excluding carboxylic acids is 1. The molecule has 2 aromatic rings. The zero-order valence-corrected chi connectivity index (χ0v) is 15.3. The molecule has 0 radical (unpaired) electrons. The van der Waals surface area contributed by atoms with E-state index in [4.69, 9.17) is 0 Å². The van der Waals surface area contributed by atoms with Crippen molar-refractivity contribution in [2.24, 2.45) is 5.92 Å². The van der Waals surface area contributed by atoms with Gasteiger partial charge in [0.2, 0.25) is 11.9 Å². The van der Waals surface area contributed by atoms with E-state index in [9.17, 15) is 4.79 Å². The Hall–Kier alpha value is -1.95. The number of nitrogens with one attached hydrogen (secondary N) is 1. The van der Waals surface area contributed by atoms with Crippen molar-refractivity contribution in [2.45, 2.75) is 39.7 Å². The largest absolute Gasteiger partial charge is 0.349 e. The van der Waals surface area contributed by atoms with Gasteiger partial charge in [-0.3, -0.25) is 4.79 Å². The van der Waals surface area contributed by atoms with Crippen LogP contribution in [0.15, 0.2) is 23.6 Å². The second-order valence-corrected chi connectivity index (χ2v) is 7.44. The Bertz CT molecular complexity index is 673. The van der Waals surface area contributed by atoms with Crippen molar-refractivity contribution in [2.75, 3.05) is 18.0 Å². The molecule has 6 heteroatoms. The number of hydrogen-bond acceptors (Lipinski definition) is 5. The van der Waals surface area contributed by atoms with Crippen LogP contribution < -0.4 is 10.2 Å². The minimum Gasteiger partial charge on any atom is -0.349 e. The maximum absolute atomic E-state index is 12.5. The fourth-order valence-electron chi connectivity index (χ4n) is 3.13. The lowest BCUT2D eigenvalue weighted by Gasteiger charge is -2.32. The number of hydrogen-bond donors (Lipinski definition) is 1. The van der Waals surface area contributed by atoms with E-state index >= 15 is 0 Å². The minimum absolute atomic E-state index is 0.0783. The lowest BCUT2D eigenvalue weighted by Crippen LogP contribution is -2.41. The summed E-state index contributed by atoms with van der Waals surface area (Å²) in [6, 6.07) is 6.15. The van der Waals surface area contributed by atoms with Gasteiger partial charge in [0, 0.05) is 35.3 Å². The van der Waals surface area contributed by atoms with Gasteiger partial charge < -0.3 is 10.2 Å². The Morgan fingerprint density at radius 2 is 1.96 bits per heavy atom.